The van der Waals surface area contributed by atoms with E-state index in [1.165, 1.54) is 13.3 Å². The zero-order valence-corrected chi connectivity index (χ0v) is 13.8. The highest BCUT2D eigenvalue weighted by Gasteiger charge is 2.21. The van der Waals surface area contributed by atoms with Crippen LogP contribution in [0, 0.1) is 6.92 Å². The second-order valence-corrected chi connectivity index (χ2v) is 4.86. The SMILES string of the molecule is COc1cncc(-c2nnc(C)n2-c2c(OC)cccc2OC)n1. The summed E-state index contributed by atoms with van der Waals surface area (Å²) in [6.45, 7) is 1.84. The van der Waals surface area contributed by atoms with E-state index >= 15 is 0 Å². The van der Waals surface area contributed by atoms with Gasteiger partial charge in [0, 0.05) is 0 Å². The lowest BCUT2D eigenvalue weighted by atomic mass is 10.2. The third kappa shape index (κ3) is 2.62. The summed E-state index contributed by atoms with van der Waals surface area (Å²) >= 11 is 0. The van der Waals surface area contributed by atoms with Crippen LogP contribution in [0.25, 0.3) is 17.2 Å². The van der Waals surface area contributed by atoms with Crippen LogP contribution in [-0.2, 0) is 0 Å². The Morgan fingerprint density at radius 1 is 0.917 bits per heavy atom. The maximum absolute atomic E-state index is 5.49. The van der Waals surface area contributed by atoms with Gasteiger partial charge in [0.15, 0.2) is 5.82 Å². The van der Waals surface area contributed by atoms with Gasteiger partial charge in [0.25, 0.3) is 0 Å². The molecular formula is C16H17N5O3. The van der Waals surface area contributed by atoms with E-state index in [1.54, 1.807) is 20.4 Å². The first-order chi connectivity index (χ1) is 11.7. The molecule has 2 aromatic heterocycles. The van der Waals surface area contributed by atoms with Crippen molar-refractivity contribution in [1.82, 2.24) is 24.7 Å². The molecule has 0 unspecified atom stereocenters. The fourth-order valence-corrected chi connectivity index (χ4v) is 2.40. The van der Waals surface area contributed by atoms with Gasteiger partial charge in [-0.15, -0.1) is 10.2 Å². The van der Waals surface area contributed by atoms with E-state index in [0.29, 0.717) is 40.4 Å². The van der Waals surface area contributed by atoms with Crippen LogP contribution in [0.4, 0.5) is 0 Å². The highest BCUT2D eigenvalue weighted by Crippen LogP contribution is 2.35. The molecule has 0 saturated carbocycles. The van der Waals surface area contributed by atoms with Gasteiger partial charge in [-0.2, -0.15) is 0 Å². The summed E-state index contributed by atoms with van der Waals surface area (Å²) in [5.74, 6) is 2.84. The lowest BCUT2D eigenvalue weighted by Crippen LogP contribution is -2.06. The van der Waals surface area contributed by atoms with E-state index in [0.717, 1.165) is 0 Å². The molecule has 3 rings (SSSR count). The van der Waals surface area contributed by atoms with Crippen molar-refractivity contribution in [2.75, 3.05) is 21.3 Å². The minimum absolute atomic E-state index is 0.395. The molecule has 8 nitrogen and oxygen atoms in total. The Bertz CT molecular complexity index is 840. The molecule has 0 bridgehead atoms. The molecule has 1 aromatic carbocycles. The molecule has 8 heteroatoms. The number of hydrogen-bond acceptors (Lipinski definition) is 7. The zero-order valence-electron chi connectivity index (χ0n) is 13.8. The van der Waals surface area contributed by atoms with E-state index in [1.807, 2.05) is 29.7 Å². The highest BCUT2D eigenvalue weighted by molar-refractivity contribution is 5.63. The van der Waals surface area contributed by atoms with E-state index in [2.05, 4.69) is 20.2 Å². The fraction of sp³-hybridized carbons (Fsp3) is 0.250. The third-order valence-electron chi connectivity index (χ3n) is 3.50. The molecule has 3 aromatic rings. The average molecular weight is 327 g/mol. The first-order valence-electron chi connectivity index (χ1n) is 7.19. The summed E-state index contributed by atoms with van der Waals surface area (Å²) in [4.78, 5) is 8.51. The van der Waals surface area contributed by atoms with E-state index < -0.39 is 0 Å². The molecule has 2 heterocycles. The third-order valence-corrected chi connectivity index (χ3v) is 3.50. The summed E-state index contributed by atoms with van der Waals surface area (Å²) in [6, 6.07) is 5.54. The molecule has 0 saturated heterocycles. The predicted octanol–water partition coefficient (Wildman–Crippen LogP) is 2.06. The fourth-order valence-electron chi connectivity index (χ4n) is 2.40. The van der Waals surface area contributed by atoms with Gasteiger partial charge < -0.3 is 14.2 Å². The quantitative estimate of drug-likeness (QED) is 0.709. The summed E-state index contributed by atoms with van der Waals surface area (Å²) in [6.07, 6.45) is 3.13. The molecule has 0 aliphatic rings. The van der Waals surface area contributed by atoms with Crippen LogP contribution in [0.3, 0.4) is 0 Å². The van der Waals surface area contributed by atoms with Crippen molar-refractivity contribution in [3.05, 3.63) is 36.4 Å². The molecule has 0 fully saturated rings. The number of para-hydroxylation sites is 1. The minimum atomic E-state index is 0.395. The van der Waals surface area contributed by atoms with Crippen molar-refractivity contribution >= 4 is 0 Å². The number of hydrogen-bond donors (Lipinski definition) is 0. The molecule has 0 amide bonds. The van der Waals surface area contributed by atoms with Gasteiger partial charge in [0.05, 0.1) is 33.7 Å². The Labute approximate surface area is 139 Å². The molecule has 0 aliphatic carbocycles. The molecule has 0 spiro atoms. The number of aryl methyl sites for hydroxylation is 1. The van der Waals surface area contributed by atoms with Crippen molar-refractivity contribution in [2.24, 2.45) is 0 Å². The number of nitrogens with zero attached hydrogens (tertiary/aromatic N) is 5. The number of methoxy groups -OCH3 is 3. The highest BCUT2D eigenvalue weighted by atomic mass is 16.5. The number of ether oxygens (including phenoxy) is 3. The molecular weight excluding hydrogens is 310 g/mol. The second-order valence-electron chi connectivity index (χ2n) is 4.86. The standard InChI is InChI=1S/C16H17N5O3/c1-10-19-20-16(11-8-17-9-14(18-11)24-4)21(10)15-12(22-2)6-5-7-13(15)23-3/h5-9H,1-4H3. The van der Waals surface area contributed by atoms with Crippen molar-refractivity contribution in [1.29, 1.82) is 0 Å². The largest absolute Gasteiger partial charge is 0.494 e. The van der Waals surface area contributed by atoms with Gasteiger partial charge >= 0.3 is 0 Å². The first-order valence-corrected chi connectivity index (χ1v) is 7.19. The van der Waals surface area contributed by atoms with Crippen LogP contribution in [0.5, 0.6) is 17.4 Å². The van der Waals surface area contributed by atoms with Crippen LogP contribution >= 0.6 is 0 Å². The normalized spacial score (nSPS) is 10.5. The van der Waals surface area contributed by atoms with E-state index in [4.69, 9.17) is 14.2 Å². The molecule has 24 heavy (non-hydrogen) atoms. The number of benzene rings is 1. The van der Waals surface area contributed by atoms with Crippen molar-refractivity contribution in [2.45, 2.75) is 6.92 Å². The maximum atomic E-state index is 5.49. The minimum Gasteiger partial charge on any atom is -0.494 e. The predicted molar refractivity (Wildman–Crippen MR) is 86.8 cm³/mol. The monoisotopic (exact) mass is 327 g/mol. The summed E-state index contributed by atoms with van der Waals surface area (Å²) in [7, 11) is 4.74. The van der Waals surface area contributed by atoms with Crippen LogP contribution in [0.2, 0.25) is 0 Å². The van der Waals surface area contributed by atoms with Crippen LogP contribution in [0.15, 0.2) is 30.6 Å². The summed E-state index contributed by atoms with van der Waals surface area (Å²) in [5, 5.41) is 8.40. The van der Waals surface area contributed by atoms with Crippen molar-refractivity contribution < 1.29 is 14.2 Å². The Morgan fingerprint density at radius 2 is 1.62 bits per heavy atom. The average Bonchev–Trinajstić information content (AvgIpc) is 3.02. The van der Waals surface area contributed by atoms with Gasteiger partial charge in [-0.25, -0.2) is 4.98 Å². The van der Waals surface area contributed by atoms with E-state index in [9.17, 15) is 0 Å². The zero-order chi connectivity index (χ0) is 17.1. The number of rotatable bonds is 5. The van der Waals surface area contributed by atoms with Gasteiger partial charge in [-0.1, -0.05) is 6.07 Å². The van der Waals surface area contributed by atoms with Gasteiger partial charge in [0.1, 0.15) is 28.7 Å². The van der Waals surface area contributed by atoms with Gasteiger partial charge in [-0.3, -0.25) is 9.55 Å². The topological polar surface area (TPSA) is 84.2 Å². The van der Waals surface area contributed by atoms with Crippen LogP contribution < -0.4 is 14.2 Å². The lowest BCUT2D eigenvalue weighted by molar-refractivity contribution is 0.390. The van der Waals surface area contributed by atoms with E-state index in [-0.39, 0.29) is 0 Å². The molecule has 0 atom stereocenters. The molecule has 124 valence electrons. The summed E-state index contributed by atoms with van der Waals surface area (Å²) < 4.78 is 17.9. The van der Waals surface area contributed by atoms with Gasteiger partial charge in [0.2, 0.25) is 5.88 Å². The Balaban J connectivity index is 2.26. The number of aromatic nitrogens is 5. The smallest absolute Gasteiger partial charge is 0.232 e. The summed E-state index contributed by atoms with van der Waals surface area (Å²) in [5.41, 5.74) is 1.23. The molecule has 0 radical (unpaired) electrons. The van der Waals surface area contributed by atoms with Crippen LogP contribution in [0.1, 0.15) is 5.82 Å². The molecule has 0 N–H and O–H groups in total. The Morgan fingerprint density at radius 3 is 2.25 bits per heavy atom. The molecule has 0 aliphatic heterocycles. The first kappa shape index (κ1) is 15.7. The Hall–Kier alpha value is -3.16. The van der Waals surface area contributed by atoms with Gasteiger partial charge in [-0.05, 0) is 19.1 Å². The van der Waals surface area contributed by atoms with Crippen molar-refractivity contribution in [3.63, 3.8) is 0 Å². The maximum Gasteiger partial charge on any atom is 0.232 e. The Kier molecular flexibility index (Phi) is 4.28. The lowest BCUT2D eigenvalue weighted by Gasteiger charge is -2.16. The van der Waals surface area contributed by atoms with Crippen LogP contribution in [-0.4, -0.2) is 46.1 Å². The van der Waals surface area contributed by atoms with Crippen molar-refractivity contribution in [3.8, 4) is 34.6 Å². The second kappa shape index (κ2) is 6.53.